The van der Waals surface area contributed by atoms with Gasteiger partial charge in [0, 0.05) is 41.3 Å². The van der Waals surface area contributed by atoms with Gasteiger partial charge >= 0.3 is 0 Å². The number of hydrogen-bond donors (Lipinski definition) is 1. The topological polar surface area (TPSA) is 75.7 Å². The van der Waals surface area contributed by atoms with Crippen LogP contribution in [-0.4, -0.2) is 32.3 Å². The summed E-state index contributed by atoms with van der Waals surface area (Å²) in [7, 11) is -2.22. The molecule has 0 fully saturated rings. The smallest absolute Gasteiger partial charge is 0.251 e. The van der Waals surface area contributed by atoms with E-state index >= 15 is 0 Å². The highest BCUT2D eigenvalue weighted by molar-refractivity contribution is 7.89. The second-order valence-electron chi connectivity index (χ2n) is 7.75. The molecule has 0 saturated carbocycles. The van der Waals surface area contributed by atoms with Crippen molar-refractivity contribution in [2.45, 2.75) is 31.8 Å². The number of sulfonamides is 1. The fraction of sp³-hybridized carbons (Fsp3) is 0.240. The molecule has 0 heterocycles. The van der Waals surface area contributed by atoms with E-state index in [-0.39, 0.29) is 23.9 Å². The summed E-state index contributed by atoms with van der Waals surface area (Å²) in [6, 6.07) is 16.7. The number of halogens is 2. The maximum absolute atomic E-state index is 13.0. The van der Waals surface area contributed by atoms with Crippen molar-refractivity contribution in [1.29, 1.82) is 0 Å². The van der Waals surface area contributed by atoms with E-state index in [1.165, 1.54) is 11.4 Å². The van der Waals surface area contributed by atoms with Crippen LogP contribution in [0.1, 0.15) is 34.0 Å². The van der Waals surface area contributed by atoms with E-state index in [1.807, 2.05) is 13.8 Å². The summed E-state index contributed by atoms with van der Waals surface area (Å²) < 4.78 is 33.0. The van der Waals surface area contributed by atoms with E-state index in [0.29, 0.717) is 33.5 Å². The average Bonchev–Trinajstić information content (AvgIpc) is 2.79. The molecule has 6 nitrogen and oxygen atoms in total. The van der Waals surface area contributed by atoms with Gasteiger partial charge in [0.2, 0.25) is 10.0 Å². The van der Waals surface area contributed by atoms with Crippen LogP contribution in [0.4, 0.5) is 0 Å². The summed E-state index contributed by atoms with van der Waals surface area (Å²) >= 11 is 12.1. The van der Waals surface area contributed by atoms with Gasteiger partial charge in [0.25, 0.3) is 5.91 Å². The fourth-order valence-corrected chi connectivity index (χ4v) is 4.92. The summed E-state index contributed by atoms with van der Waals surface area (Å²) in [6.45, 7) is 4.40. The van der Waals surface area contributed by atoms with Crippen LogP contribution in [0.15, 0.2) is 65.6 Å². The minimum absolute atomic E-state index is 0.0374. The highest BCUT2D eigenvalue weighted by Crippen LogP contribution is 2.25. The van der Waals surface area contributed by atoms with E-state index in [0.717, 1.165) is 11.1 Å². The largest absolute Gasteiger partial charge is 0.494 e. The van der Waals surface area contributed by atoms with Crippen molar-refractivity contribution < 1.29 is 17.9 Å². The van der Waals surface area contributed by atoms with Crippen LogP contribution >= 0.6 is 23.2 Å². The van der Waals surface area contributed by atoms with Gasteiger partial charge in [0.05, 0.1) is 11.5 Å². The standard InChI is InChI=1S/C25H26Cl2N2O4S/c1-4-33-24-12-8-18(25(30)28-15-19-7-9-21(26)14-23(19)27)13-20(24)16-29(3)34(31,32)22-10-5-17(2)6-11-22/h5-14H,4,15-16H2,1-3H3,(H,28,30). The lowest BCUT2D eigenvalue weighted by atomic mass is 10.1. The number of nitrogens with zero attached hydrogens (tertiary/aromatic N) is 1. The van der Waals surface area contributed by atoms with Crippen LogP contribution < -0.4 is 10.1 Å². The van der Waals surface area contributed by atoms with Gasteiger partial charge in [-0.3, -0.25) is 4.79 Å². The van der Waals surface area contributed by atoms with Crippen LogP contribution in [0.5, 0.6) is 5.75 Å². The van der Waals surface area contributed by atoms with Crippen LogP contribution in [0.3, 0.4) is 0 Å². The number of ether oxygens (including phenoxy) is 1. The van der Waals surface area contributed by atoms with Gasteiger partial charge in [-0.25, -0.2) is 8.42 Å². The Morgan fingerprint density at radius 3 is 2.35 bits per heavy atom. The van der Waals surface area contributed by atoms with Crippen molar-refractivity contribution in [2.24, 2.45) is 0 Å². The van der Waals surface area contributed by atoms with Crippen LogP contribution in [0.25, 0.3) is 0 Å². The first-order valence-corrected chi connectivity index (χ1v) is 12.8. The summed E-state index contributed by atoms with van der Waals surface area (Å²) in [5.74, 6) is 0.199. The molecule has 3 aromatic carbocycles. The molecule has 0 spiro atoms. The van der Waals surface area contributed by atoms with Crippen molar-refractivity contribution in [3.63, 3.8) is 0 Å². The Morgan fingerprint density at radius 1 is 1.00 bits per heavy atom. The lowest BCUT2D eigenvalue weighted by molar-refractivity contribution is 0.0950. The van der Waals surface area contributed by atoms with Gasteiger partial charge < -0.3 is 10.1 Å². The number of hydrogen-bond acceptors (Lipinski definition) is 4. The monoisotopic (exact) mass is 520 g/mol. The summed E-state index contributed by atoms with van der Waals surface area (Å²) in [4.78, 5) is 13.0. The molecule has 9 heteroatoms. The van der Waals surface area contributed by atoms with Gasteiger partial charge in [-0.15, -0.1) is 0 Å². The Morgan fingerprint density at radius 2 is 1.71 bits per heavy atom. The number of amides is 1. The second-order valence-corrected chi connectivity index (χ2v) is 10.6. The molecule has 0 atom stereocenters. The SMILES string of the molecule is CCOc1ccc(C(=O)NCc2ccc(Cl)cc2Cl)cc1CN(C)S(=O)(=O)c1ccc(C)cc1. The number of carbonyl (C=O) groups is 1. The van der Waals surface area contributed by atoms with Crippen LogP contribution in [-0.2, 0) is 23.1 Å². The first kappa shape index (κ1) is 26.0. The molecule has 0 saturated heterocycles. The van der Waals surface area contributed by atoms with Crippen LogP contribution in [0.2, 0.25) is 10.0 Å². The Balaban J connectivity index is 1.81. The molecule has 0 aliphatic heterocycles. The second kappa shape index (κ2) is 11.2. The third-order valence-corrected chi connectivity index (χ3v) is 7.60. The number of benzene rings is 3. The van der Waals surface area contributed by atoms with Gasteiger partial charge in [-0.1, -0.05) is 47.0 Å². The molecule has 1 N–H and O–H groups in total. The molecule has 180 valence electrons. The Labute approximate surface area is 210 Å². The van der Waals surface area contributed by atoms with E-state index in [4.69, 9.17) is 27.9 Å². The average molecular weight is 521 g/mol. The molecule has 0 aliphatic rings. The first-order valence-electron chi connectivity index (χ1n) is 10.6. The molecule has 0 unspecified atom stereocenters. The van der Waals surface area contributed by atoms with Crippen molar-refractivity contribution in [3.05, 3.63) is 93.0 Å². The van der Waals surface area contributed by atoms with E-state index in [9.17, 15) is 13.2 Å². The maximum Gasteiger partial charge on any atom is 0.251 e. The third-order valence-electron chi connectivity index (χ3n) is 5.20. The predicted molar refractivity (Wildman–Crippen MR) is 135 cm³/mol. The van der Waals surface area contributed by atoms with E-state index in [2.05, 4.69) is 5.32 Å². The molecule has 0 bridgehead atoms. The fourth-order valence-electron chi connectivity index (χ4n) is 3.30. The van der Waals surface area contributed by atoms with Crippen molar-refractivity contribution in [2.75, 3.05) is 13.7 Å². The number of nitrogens with one attached hydrogen (secondary N) is 1. The molecule has 0 aliphatic carbocycles. The van der Waals surface area contributed by atoms with E-state index < -0.39 is 10.0 Å². The van der Waals surface area contributed by atoms with Crippen LogP contribution in [0, 0.1) is 6.92 Å². The molecule has 3 rings (SSSR count). The Kier molecular flexibility index (Phi) is 8.60. The minimum Gasteiger partial charge on any atom is -0.494 e. The van der Waals surface area contributed by atoms with E-state index in [1.54, 1.807) is 60.7 Å². The molecule has 0 radical (unpaired) electrons. The zero-order chi connectivity index (χ0) is 24.9. The number of aryl methyl sites for hydroxylation is 1. The highest BCUT2D eigenvalue weighted by atomic mass is 35.5. The number of carbonyl (C=O) groups excluding carboxylic acids is 1. The number of rotatable bonds is 9. The molecule has 0 aromatic heterocycles. The minimum atomic E-state index is -3.72. The predicted octanol–water partition coefficient (Wildman–Crippen LogP) is 5.45. The summed E-state index contributed by atoms with van der Waals surface area (Å²) in [5.41, 5.74) is 2.66. The highest BCUT2D eigenvalue weighted by Gasteiger charge is 2.23. The summed E-state index contributed by atoms with van der Waals surface area (Å²) in [5, 5.41) is 3.81. The van der Waals surface area contributed by atoms with Gasteiger partial charge in [-0.05, 0) is 61.9 Å². The third kappa shape index (κ3) is 6.30. The van der Waals surface area contributed by atoms with Crippen molar-refractivity contribution >= 4 is 39.1 Å². The van der Waals surface area contributed by atoms with Gasteiger partial charge in [0.15, 0.2) is 0 Å². The Hall–Kier alpha value is -2.58. The quantitative estimate of drug-likeness (QED) is 0.406. The molecule has 3 aromatic rings. The van der Waals surface area contributed by atoms with Crippen molar-refractivity contribution in [1.82, 2.24) is 9.62 Å². The van der Waals surface area contributed by atoms with Gasteiger partial charge in [0.1, 0.15) is 5.75 Å². The molecule has 1 amide bonds. The molecular formula is C25H26Cl2N2O4S. The van der Waals surface area contributed by atoms with Gasteiger partial charge in [-0.2, -0.15) is 4.31 Å². The molecular weight excluding hydrogens is 495 g/mol. The maximum atomic E-state index is 13.0. The zero-order valence-electron chi connectivity index (χ0n) is 19.1. The van der Waals surface area contributed by atoms with Crippen molar-refractivity contribution in [3.8, 4) is 5.75 Å². The lowest BCUT2D eigenvalue weighted by Gasteiger charge is -2.20. The Bertz CT molecular complexity index is 1280. The first-order chi connectivity index (χ1) is 16.1. The normalized spacial score (nSPS) is 11.5. The molecule has 34 heavy (non-hydrogen) atoms. The lowest BCUT2D eigenvalue weighted by Crippen LogP contribution is -2.27. The zero-order valence-corrected chi connectivity index (χ0v) is 21.5. The summed E-state index contributed by atoms with van der Waals surface area (Å²) in [6.07, 6.45) is 0.